The highest BCUT2D eigenvalue weighted by molar-refractivity contribution is 6.14. The lowest BCUT2D eigenvalue weighted by atomic mass is 9.96. The molecule has 0 atom stereocenters. The average Bonchev–Trinajstić information content (AvgIpc) is 3.05. The molecule has 0 N–H and O–H groups in total. The maximum atomic E-state index is 12.7. The summed E-state index contributed by atoms with van der Waals surface area (Å²) in [4.78, 5) is 14.9. The number of carbonyl (C=O) groups excluding carboxylic acids is 1. The summed E-state index contributed by atoms with van der Waals surface area (Å²) in [6.45, 7) is 1.29. The maximum absolute atomic E-state index is 12.7. The van der Waals surface area contributed by atoms with E-state index in [0.717, 1.165) is 22.5 Å². The zero-order valence-electron chi connectivity index (χ0n) is 13.0. The molecule has 1 aliphatic heterocycles. The number of ketones is 1. The van der Waals surface area contributed by atoms with E-state index in [1.807, 2.05) is 45.4 Å². The normalized spacial score (nSPS) is 20.2. The van der Waals surface area contributed by atoms with Crippen LogP contribution in [0.25, 0.3) is 12.2 Å². The fourth-order valence-electron chi connectivity index (χ4n) is 2.62. The van der Waals surface area contributed by atoms with Gasteiger partial charge in [-0.3, -0.25) is 19.1 Å². The lowest BCUT2D eigenvalue weighted by Crippen LogP contribution is -2.34. The number of hydrogen-bond acceptors (Lipinski definition) is 4. The first-order chi connectivity index (χ1) is 10.5. The number of aromatic nitrogens is 4. The largest absolute Gasteiger partial charge is 0.298 e. The number of nitrogens with zero attached hydrogens (tertiary/aromatic N) is 5. The van der Waals surface area contributed by atoms with Crippen molar-refractivity contribution in [3.8, 4) is 0 Å². The molecule has 22 heavy (non-hydrogen) atoms. The van der Waals surface area contributed by atoms with Gasteiger partial charge in [-0.2, -0.15) is 10.2 Å². The van der Waals surface area contributed by atoms with Crippen LogP contribution in [0.3, 0.4) is 0 Å². The molecule has 114 valence electrons. The van der Waals surface area contributed by atoms with E-state index in [1.54, 1.807) is 21.8 Å². The summed E-state index contributed by atoms with van der Waals surface area (Å²) < 4.78 is 3.53. The molecular formula is C16H19N5O. The van der Waals surface area contributed by atoms with Gasteiger partial charge >= 0.3 is 0 Å². The third-order valence-electron chi connectivity index (χ3n) is 3.83. The number of likely N-dealkylation sites (N-methyl/N-ethyl adjacent to an activating group) is 1. The van der Waals surface area contributed by atoms with Gasteiger partial charge in [0.1, 0.15) is 0 Å². The third-order valence-corrected chi connectivity index (χ3v) is 3.83. The Balaban J connectivity index is 1.96. The summed E-state index contributed by atoms with van der Waals surface area (Å²) in [5.74, 6) is 0.0977. The Morgan fingerprint density at radius 1 is 0.909 bits per heavy atom. The molecule has 1 aliphatic rings. The second-order valence-corrected chi connectivity index (χ2v) is 5.60. The van der Waals surface area contributed by atoms with Crippen LogP contribution in [0.4, 0.5) is 0 Å². The van der Waals surface area contributed by atoms with Gasteiger partial charge in [0.2, 0.25) is 0 Å². The molecule has 0 spiro atoms. The number of piperidine rings is 1. The summed E-state index contributed by atoms with van der Waals surface area (Å²) in [6, 6.07) is 3.80. The molecule has 2 aromatic rings. The van der Waals surface area contributed by atoms with Gasteiger partial charge in [-0.05, 0) is 31.3 Å². The fourth-order valence-corrected chi connectivity index (χ4v) is 2.62. The monoisotopic (exact) mass is 297 g/mol. The summed E-state index contributed by atoms with van der Waals surface area (Å²) in [5, 5.41) is 8.28. The molecule has 0 aromatic carbocycles. The fraction of sp³-hybridized carbons (Fsp3) is 0.312. The summed E-state index contributed by atoms with van der Waals surface area (Å²) in [7, 11) is 5.76. The highest BCUT2D eigenvalue weighted by Gasteiger charge is 2.24. The number of likely N-dealkylation sites (tertiary alicyclic amines) is 1. The van der Waals surface area contributed by atoms with E-state index in [2.05, 4.69) is 15.1 Å². The number of rotatable bonds is 2. The Labute approximate surface area is 129 Å². The van der Waals surface area contributed by atoms with Crippen molar-refractivity contribution in [3.63, 3.8) is 0 Å². The SMILES string of the molecule is CN1C/C(=C\c2ccnn2C)C(=O)/C(=C/c2ccnn2C)C1. The minimum Gasteiger partial charge on any atom is -0.298 e. The smallest absolute Gasteiger partial charge is 0.187 e. The molecule has 2 aromatic heterocycles. The maximum Gasteiger partial charge on any atom is 0.187 e. The molecule has 1 fully saturated rings. The zero-order valence-corrected chi connectivity index (χ0v) is 13.0. The Morgan fingerprint density at radius 2 is 1.36 bits per heavy atom. The van der Waals surface area contributed by atoms with E-state index in [1.165, 1.54) is 0 Å². The Bertz CT molecular complexity index is 703. The summed E-state index contributed by atoms with van der Waals surface area (Å²) in [6.07, 6.45) is 7.30. The van der Waals surface area contributed by atoms with Crippen molar-refractivity contribution in [3.05, 3.63) is 47.1 Å². The topological polar surface area (TPSA) is 56.0 Å². The van der Waals surface area contributed by atoms with Crippen LogP contribution in [0.5, 0.6) is 0 Å². The van der Waals surface area contributed by atoms with Gasteiger partial charge in [-0.25, -0.2) is 0 Å². The van der Waals surface area contributed by atoms with Gasteiger partial charge < -0.3 is 0 Å². The first-order valence-corrected chi connectivity index (χ1v) is 7.15. The quantitative estimate of drug-likeness (QED) is 0.780. The number of carbonyl (C=O) groups is 1. The lowest BCUT2D eigenvalue weighted by Gasteiger charge is -2.26. The third kappa shape index (κ3) is 2.78. The summed E-state index contributed by atoms with van der Waals surface area (Å²) >= 11 is 0. The van der Waals surface area contributed by atoms with Crippen LogP contribution in [0.15, 0.2) is 35.7 Å². The van der Waals surface area contributed by atoms with Crippen LogP contribution in [-0.2, 0) is 18.9 Å². The number of Topliss-reactive ketones (excluding diaryl/α,β-unsaturated/α-hetero) is 1. The molecule has 3 rings (SSSR count). The first kappa shape index (κ1) is 14.5. The average molecular weight is 297 g/mol. The van der Waals surface area contributed by atoms with Crippen molar-refractivity contribution in [2.45, 2.75) is 0 Å². The van der Waals surface area contributed by atoms with Gasteiger partial charge in [0, 0.05) is 50.7 Å². The number of hydrogen-bond donors (Lipinski definition) is 0. The van der Waals surface area contributed by atoms with Crippen LogP contribution in [-0.4, -0.2) is 50.4 Å². The standard InChI is InChI=1S/C16H19N5O/c1-19-10-12(8-14-4-6-17-20(14)2)16(22)13(11-19)9-15-5-7-18-21(15)3/h4-9H,10-11H2,1-3H3/b12-8+,13-9+. The van der Waals surface area contributed by atoms with Crippen molar-refractivity contribution in [1.82, 2.24) is 24.5 Å². The molecule has 0 amide bonds. The van der Waals surface area contributed by atoms with E-state index >= 15 is 0 Å². The second-order valence-electron chi connectivity index (χ2n) is 5.60. The molecule has 3 heterocycles. The zero-order chi connectivity index (χ0) is 15.7. The molecular weight excluding hydrogens is 278 g/mol. The van der Waals surface area contributed by atoms with E-state index < -0.39 is 0 Å². The van der Waals surface area contributed by atoms with Crippen molar-refractivity contribution in [1.29, 1.82) is 0 Å². The summed E-state index contributed by atoms with van der Waals surface area (Å²) in [5.41, 5.74) is 3.42. The Hall–Kier alpha value is -2.47. The van der Waals surface area contributed by atoms with Gasteiger partial charge in [0.25, 0.3) is 0 Å². The van der Waals surface area contributed by atoms with Crippen molar-refractivity contribution in [2.24, 2.45) is 14.1 Å². The van der Waals surface area contributed by atoms with Crippen LogP contribution < -0.4 is 0 Å². The van der Waals surface area contributed by atoms with E-state index in [-0.39, 0.29) is 5.78 Å². The van der Waals surface area contributed by atoms with Crippen LogP contribution in [0.2, 0.25) is 0 Å². The van der Waals surface area contributed by atoms with Gasteiger partial charge in [-0.15, -0.1) is 0 Å². The molecule has 0 saturated carbocycles. The minimum absolute atomic E-state index is 0.0977. The molecule has 0 radical (unpaired) electrons. The highest BCUT2D eigenvalue weighted by atomic mass is 16.1. The second kappa shape index (κ2) is 5.73. The van der Waals surface area contributed by atoms with E-state index in [0.29, 0.717) is 13.1 Å². The Morgan fingerprint density at radius 3 is 1.73 bits per heavy atom. The van der Waals surface area contributed by atoms with Crippen LogP contribution in [0.1, 0.15) is 11.4 Å². The number of aryl methyl sites for hydroxylation is 2. The first-order valence-electron chi connectivity index (χ1n) is 7.15. The van der Waals surface area contributed by atoms with Gasteiger partial charge in [-0.1, -0.05) is 0 Å². The molecule has 0 bridgehead atoms. The minimum atomic E-state index is 0.0977. The molecule has 0 aliphatic carbocycles. The molecule has 0 unspecified atom stereocenters. The van der Waals surface area contributed by atoms with Crippen molar-refractivity contribution < 1.29 is 4.79 Å². The van der Waals surface area contributed by atoms with Crippen molar-refractivity contribution in [2.75, 3.05) is 20.1 Å². The van der Waals surface area contributed by atoms with E-state index in [4.69, 9.17) is 0 Å². The predicted octanol–water partition coefficient (Wildman–Crippen LogP) is 1.14. The lowest BCUT2D eigenvalue weighted by molar-refractivity contribution is -0.113. The van der Waals surface area contributed by atoms with Crippen LogP contribution >= 0.6 is 0 Å². The molecule has 1 saturated heterocycles. The van der Waals surface area contributed by atoms with E-state index in [9.17, 15) is 4.79 Å². The van der Waals surface area contributed by atoms with Gasteiger partial charge in [0.05, 0.1) is 11.4 Å². The van der Waals surface area contributed by atoms with Crippen LogP contribution in [0, 0.1) is 0 Å². The van der Waals surface area contributed by atoms with Gasteiger partial charge in [0.15, 0.2) is 5.78 Å². The Kier molecular flexibility index (Phi) is 3.77. The molecule has 6 nitrogen and oxygen atoms in total. The highest BCUT2D eigenvalue weighted by Crippen LogP contribution is 2.20. The predicted molar refractivity (Wildman–Crippen MR) is 84.9 cm³/mol. The molecule has 6 heteroatoms. The van der Waals surface area contributed by atoms with Crippen molar-refractivity contribution >= 4 is 17.9 Å².